The summed E-state index contributed by atoms with van der Waals surface area (Å²) in [5.41, 5.74) is 6.99. The van der Waals surface area contributed by atoms with Crippen LogP contribution in [0.15, 0.2) is 97.1 Å². The molecule has 0 heterocycles. The smallest absolute Gasteiger partial charge is 0.307 e. The fraction of sp³-hybridized carbons (Fsp3) is 0.317. The first kappa shape index (κ1) is 32.3. The van der Waals surface area contributed by atoms with Gasteiger partial charge in [-0.15, -0.1) is 0 Å². The van der Waals surface area contributed by atoms with E-state index in [2.05, 4.69) is 34.9 Å². The summed E-state index contributed by atoms with van der Waals surface area (Å²) in [6.45, 7) is 0. The van der Waals surface area contributed by atoms with Gasteiger partial charge >= 0.3 is 11.9 Å². The number of nitrogens with one attached hydrogen (secondary N) is 2. The summed E-state index contributed by atoms with van der Waals surface area (Å²) in [5, 5.41) is 25.4. The van der Waals surface area contributed by atoms with Crippen LogP contribution in [-0.4, -0.2) is 34.0 Å². The van der Waals surface area contributed by atoms with Crippen molar-refractivity contribution in [1.82, 2.24) is 0 Å². The van der Waals surface area contributed by atoms with Crippen LogP contribution in [0.2, 0.25) is 0 Å². The van der Waals surface area contributed by atoms with Gasteiger partial charge in [0.25, 0.3) is 0 Å². The zero-order valence-electron chi connectivity index (χ0n) is 27.2. The third-order valence-electron chi connectivity index (χ3n) is 11.0. The number of aliphatic carboxylic acids is 2. The molecule has 2 fully saturated rings. The SMILES string of the molecule is O=C(O)C1CCCCC1C(=O)Nc1ccc(C2(c3ccc(NC(=O)C4CCCCC4C(=O)O)cc3)c3ccccc3-c3ccccc32)cc1. The van der Waals surface area contributed by atoms with Crippen molar-refractivity contribution < 1.29 is 29.4 Å². The number of carboxylic acid groups (broad SMARTS) is 2. The van der Waals surface area contributed by atoms with Crippen molar-refractivity contribution in [2.75, 3.05) is 10.6 Å². The number of benzene rings is 4. The van der Waals surface area contributed by atoms with Crippen molar-refractivity contribution in [1.29, 1.82) is 0 Å². The summed E-state index contributed by atoms with van der Waals surface area (Å²) >= 11 is 0. The summed E-state index contributed by atoms with van der Waals surface area (Å²) in [6.07, 6.45) is 5.48. The molecule has 2 saturated carbocycles. The van der Waals surface area contributed by atoms with Gasteiger partial charge in [-0.2, -0.15) is 0 Å². The number of anilines is 2. The van der Waals surface area contributed by atoms with Gasteiger partial charge in [-0.05, 0) is 83.3 Å². The largest absolute Gasteiger partial charge is 0.481 e. The van der Waals surface area contributed by atoms with Crippen LogP contribution in [0.3, 0.4) is 0 Å². The molecule has 0 aliphatic heterocycles. The molecule has 4 N–H and O–H groups in total. The second kappa shape index (κ2) is 13.3. The Kier molecular flexibility index (Phi) is 8.80. The number of carbonyl (C=O) groups excluding carboxylic acids is 2. The molecule has 4 aromatic carbocycles. The van der Waals surface area contributed by atoms with Crippen LogP contribution in [-0.2, 0) is 24.6 Å². The summed E-state index contributed by atoms with van der Waals surface area (Å²) in [5.74, 6) is -4.80. The van der Waals surface area contributed by atoms with E-state index in [1.165, 1.54) is 0 Å². The maximum absolute atomic E-state index is 13.3. The Balaban J connectivity index is 1.23. The van der Waals surface area contributed by atoms with Gasteiger partial charge in [-0.3, -0.25) is 19.2 Å². The van der Waals surface area contributed by atoms with Crippen LogP contribution in [0, 0.1) is 23.7 Å². The summed E-state index contributed by atoms with van der Waals surface area (Å²) in [7, 11) is 0. The van der Waals surface area contributed by atoms with E-state index in [0.29, 0.717) is 37.1 Å². The zero-order valence-corrected chi connectivity index (χ0v) is 27.2. The first-order chi connectivity index (χ1) is 23.8. The van der Waals surface area contributed by atoms with Crippen molar-refractivity contribution in [3.8, 4) is 11.1 Å². The highest BCUT2D eigenvalue weighted by Crippen LogP contribution is 2.56. The second-order valence-corrected chi connectivity index (χ2v) is 13.6. The maximum atomic E-state index is 13.3. The van der Waals surface area contributed by atoms with E-state index < -0.39 is 41.0 Å². The number of rotatable bonds is 8. The van der Waals surface area contributed by atoms with Crippen LogP contribution in [0.4, 0.5) is 11.4 Å². The van der Waals surface area contributed by atoms with Crippen molar-refractivity contribution in [2.45, 2.75) is 56.8 Å². The average molecular weight is 657 g/mol. The van der Waals surface area contributed by atoms with Crippen LogP contribution in [0.1, 0.15) is 73.6 Å². The Morgan fingerprint density at radius 2 is 0.837 bits per heavy atom. The summed E-state index contributed by atoms with van der Waals surface area (Å²) in [6, 6.07) is 32.3. The number of hydrogen-bond donors (Lipinski definition) is 4. The van der Waals surface area contributed by atoms with E-state index in [9.17, 15) is 29.4 Å². The molecule has 0 aromatic heterocycles. The minimum Gasteiger partial charge on any atom is -0.481 e. The molecule has 0 saturated heterocycles. The number of carboxylic acids is 2. The lowest BCUT2D eigenvalue weighted by Crippen LogP contribution is -2.36. The molecule has 49 heavy (non-hydrogen) atoms. The van der Waals surface area contributed by atoms with Gasteiger partial charge in [-0.25, -0.2) is 0 Å². The Bertz CT molecular complexity index is 1760. The predicted molar refractivity (Wildman–Crippen MR) is 187 cm³/mol. The zero-order chi connectivity index (χ0) is 34.1. The molecular formula is C41H40N2O6. The minimum absolute atomic E-state index is 0.258. The van der Waals surface area contributed by atoms with E-state index in [1.54, 1.807) is 0 Å². The van der Waals surface area contributed by atoms with Crippen molar-refractivity contribution in [3.05, 3.63) is 119 Å². The fourth-order valence-corrected chi connectivity index (χ4v) is 8.58. The molecule has 3 aliphatic rings. The predicted octanol–water partition coefficient (Wildman–Crippen LogP) is 7.71. The van der Waals surface area contributed by atoms with E-state index in [1.807, 2.05) is 72.8 Å². The van der Waals surface area contributed by atoms with Gasteiger partial charge in [0.1, 0.15) is 0 Å². The monoisotopic (exact) mass is 656 g/mol. The molecule has 0 bridgehead atoms. The summed E-state index contributed by atoms with van der Waals surface area (Å²) < 4.78 is 0. The van der Waals surface area contributed by atoms with Gasteiger partial charge in [0.05, 0.1) is 29.1 Å². The Labute approximate surface area is 285 Å². The minimum atomic E-state index is -0.917. The second-order valence-electron chi connectivity index (χ2n) is 13.6. The fourth-order valence-electron chi connectivity index (χ4n) is 8.58. The molecule has 8 nitrogen and oxygen atoms in total. The first-order valence-corrected chi connectivity index (χ1v) is 17.3. The van der Waals surface area contributed by atoms with Gasteiger partial charge < -0.3 is 20.8 Å². The van der Waals surface area contributed by atoms with E-state index in [0.717, 1.165) is 59.1 Å². The standard InChI is InChI=1S/C41H40N2O6/c44-37(31-11-1-3-13-33(31)39(46)47)42-27-21-17-25(18-22-27)41(35-15-7-5-9-29(35)30-10-6-8-16-36(30)41)26-19-23-28(24-20-26)43-38(45)32-12-2-4-14-34(32)40(48)49/h5-10,15-24,31-34H,1-4,11-14H2,(H,42,44)(H,43,45)(H,46,47)(H,48,49). The molecule has 3 aliphatic carbocycles. The Morgan fingerprint density at radius 3 is 1.20 bits per heavy atom. The lowest BCUT2D eigenvalue weighted by molar-refractivity contribution is -0.148. The number of fused-ring (bicyclic) bond motifs is 3. The quantitative estimate of drug-likeness (QED) is 0.135. The van der Waals surface area contributed by atoms with E-state index in [-0.39, 0.29) is 11.8 Å². The average Bonchev–Trinajstić information content (AvgIpc) is 3.43. The van der Waals surface area contributed by atoms with Crippen molar-refractivity contribution in [2.24, 2.45) is 23.7 Å². The Morgan fingerprint density at radius 1 is 0.490 bits per heavy atom. The molecule has 250 valence electrons. The lowest BCUT2D eigenvalue weighted by Gasteiger charge is -2.34. The van der Waals surface area contributed by atoms with Gasteiger partial charge in [0.2, 0.25) is 11.8 Å². The van der Waals surface area contributed by atoms with Crippen LogP contribution in [0.5, 0.6) is 0 Å². The first-order valence-electron chi connectivity index (χ1n) is 17.3. The third kappa shape index (κ3) is 5.79. The highest BCUT2D eigenvalue weighted by molar-refractivity contribution is 5.96. The highest BCUT2D eigenvalue weighted by Gasteiger charge is 2.46. The molecule has 2 amide bonds. The number of hydrogen-bond acceptors (Lipinski definition) is 4. The molecular weight excluding hydrogens is 616 g/mol. The molecule has 4 aromatic rings. The normalized spacial score (nSPS) is 22.3. The van der Waals surface area contributed by atoms with Crippen LogP contribution in [0.25, 0.3) is 11.1 Å². The Hall–Kier alpha value is -5.24. The molecule has 4 unspecified atom stereocenters. The van der Waals surface area contributed by atoms with Gasteiger partial charge in [0.15, 0.2) is 0 Å². The van der Waals surface area contributed by atoms with Crippen molar-refractivity contribution in [3.63, 3.8) is 0 Å². The number of carbonyl (C=O) groups is 4. The summed E-state index contributed by atoms with van der Waals surface area (Å²) in [4.78, 5) is 50.2. The molecule has 8 heteroatoms. The lowest BCUT2D eigenvalue weighted by atomic mass is 9.67. The van der Waals surface area contributed by atoms with E-state index >= 15 is 0 Å². The molecule has 4 atom stereocenters. The molecule has 7 rings (SSSR count). The van der Waals surface area contributed by atoms with E-state index in [4.69, 9.17) is 0 Å². The van der Waals surface area contributed by atoms with Crippen LogP contribution < -0.4 is 10.6 Å². The van der Waals surface area contributed by atoms with Crippen molar-refractivity contribution >= 4 is 35.1 Å². The third-order valence-corrected chi connectivity index (χ3v) is 11.0. The van der Waals surface area contributed by atoms with Gasteiger partial charge in [-0.1, -0.05) is 98.5 Å². The molecule has 0 spiro atoms. The molecule has 0 radical (unpaired) electrons. The van der Waals surface area contributed by atoms with Crippen LogP contribution >= 0.6 is 0 Å². The topological polar surface area (TPSA) is 133 Å². The van der Waals surface area contributed by atoms with Gasteiger partial charge in [0, 0.05) is 11.4 Å². The number of amides is 2. The highest BCUT2D eigenvalue weighted by atomic mass is 16.4. The maximum Gasteiger partial charge on any atom is 0.307 e.